The van der Waals surface area contributed by atoms with E-state index in [1.54, 1.807) is 0 Å². The van der Waals surface area contributed by atoms with Gasteiger partial charge in [-0.2, -0.15) is 6.67 Å². The molecule has 1 aromatic rings. The van der Waals surface area contributed by atoms with Crippen molar-refractivity contribution in [2.45, 2.75) is 34.1 Å². The Morgan fingerprint density at radius 1 is 1.06 bits per heavy atom. The quantitative estimate of drug-likeness (QED) is 0.537. The van der Waals surface area contributed by atoms with Gasteiger partial charge in [0.15, 0.2) is 0 Å². The molecule has 0 bridgehead atoms. The van der Waals surface area contributed by atoms with Crippen molar-refractivity contribution in [3.63, 3.8) is 0 Å². The maximum absolute atomic E-state index is 2.24. The first-order valence-corrected chi connectivity index (χ1v) is 6.27. The van der Waals surface area contributed by atoms with Gasteiger partial charge in [0, 0.05) is 5.69 Å². The summed E-state index contributed by atoms with van der Waals surface area (Å²) in [4.78, 5) is 4.46. The summed E-state index contributed by atoms with van der Waals surface area (Å²) in [7, 11) is 0. The summed E-state index contributed by atoms with van der Waals surface area (Å²) >= 11 is 0. The van der Waals surface area contributed by atoms with Crippen LogP contribution in [0.2, 0.25) is 0 Å². The van der Waals surface area contributed by atoms with E-state index in [0.29, 0.717) is 0 Å². The summed E-state index contributed by atoms with van der Waals surface area (Å²) in [6, 6.07) is 4.49. The van der Waals surface area contributed by atoms with Crippen molar-refractivity contribution in [1.29, 1.82) is 0 Å². The first-order valence-electron chi connectivity index (χ1n) is 6.27. The Morgan fingerprint density at radius 3 is 2.22 bits per heavy atom. The third kappa shape index (κ3) is 3.19. The Hall–Kier alpha value is -0.700. The molecule has 1 aliphatic heterocycles. The van der Waals surface area contributed by atoms with Gasteiger partial charge in [-0.1, -0.05) is 24.6 Å². The fourth-order valence-electron chi connectivity index (χ4n) is 2.50. The molecule has 0 spiro atoms. The second-order valence-electron chi connectivity index (χ2n) is 4.81. The van der Waals surface area contributed by atoms with Crippen molar-refractivity contribution < 1.29 is 22.4 Å². The predicted molar refractivity (Wildman–Crippen MR) is 73.6 cm³/mol. The number of anilines is 1. The van der Waals surface area contributed by atoms with Crippen LogP contribution in [0.1, 0.15) is 30.0 Å². The molecule has 0 unspecified atom stereocenters. The number of rotatable bonds is 3. The summed E-state index contributed by atoms with van der Waals surface area (Å²) in [5.74, 6) is 0. The van der Waals surface area contributed by atoms with E-state index < -0.39 is 0 Å². The molecule has 0 amide bonds. The molecule has 18 heavy (non-hydrogen) atoms. The Labute approximate surface area is 126 Å². The van der Waals surface area contributed by atoms with E-state index >= 15 is 0 Å². The van der Waals surface area contributed by atoms with Gasteiger partial charge in [0.05, 0.1) is 0 Å². The van der Waals surface area contributed by atoms with E-state index in [4.69, 9.17) is 0 Å². The van der Waals surface area contributed by atoms with Gasteiger partial charge < -0.3 is 9.80 Å². The van der Waals surface area contributed by atoms with E-state index in [-0.39, 0.29) is 22.4 Å². The Bertz CT molecular complexity index is 417. The normalized spacial score (nSPS) is 14.0. The van der Waals surface area contributed by atoms with Gasteiger partial charge in [0.1, 0.15) is 0 Å². The van der Waals surface area contributed by atoms with Crippen LogP contribution in [-0.2, 0) is 22.4 Å². The molecule has 2 nitrogen and oxygen atoms in total. The predicted octanol–water partition coefficient (Wildman–Crippen LogP) is 3.73. The molecular formula is C15H21AuN2. The van der Waals surface area contributed by atoms with Gasteiger partial charge in [0.2, 0.25) is 0 Å². The fraction of sp³-hybridized carbons (Fsp3) is 0.400. The molecule has 0 atom stereocenters. The Kier molecular flexibility index (Phi) is 5.51. The summed E-state index contributed by atoms with van der Waals surface area (Å²) in [6.45, 7) is 12.0. The van der Waals surface area contributed by atoms with Crippen LogP contribution in [0.25, 0.3) is 0 Å². The van der Waals surface area contributed by atoms with E-state index in [1.165, 1.54) is 28.8 Å². The van der Waals surface area contributed by atoms with E-state index in [1.807, 2.05) is 0 Å². The van der Waals surface area contributed by atoms with Crippen LogP contribution in [0, 0.1) is 27.4 Å². The van der Waals surface area contributed by atoms with Crippen molar-refractivity contribution in [2.75, 3.05) is 11.4 Å². The monoisotopic (exact) mass is 426 g/mol. The van der Waals surface area contributed by atoms with Crippen molar-refractivity contribution in [3.8, 4) is 0 Å². The molecular weight excluding hydrogens is 405 g/mol. The molecule has 0 radical (unpaired) electrons. The largest absolute Gasteiger partial charge is 1.00 e. The molecule has 0 aliphatic carbocycles. The molecule has 0 fully saturated rings. The zero-order valence-corrected chi connectivity index (χ0v) is 13.7. The van der Waals surface area contributed by atoms with Crippen LogP contribution in [-0.4, -0.2) is 11.4 Å². The average Bonchev–Trinajstić information content (AvgIpc) is 2.65. The third-order valence-electron chi connectivity index (χ3n) is 3.07. The maximum atomic E-state index is 2.24. The molecule has 1 heterocycles. The number of aryl methyl sites for hydroxylation is 3. The SMILES string of the molecule is CCCN1C=CN(c2c(C)cc(C)cc2C)[CH-]1.[Au+]. The van der Waals surface area contributed by atoms with Crippen molar-refractivity contribution in [1.82, 2.24) is 4.90 Å². The molecule has 0 saturated carbocycles. The molecule has 0 aromatic heterocycles. The van der Waals surface area contributed by atoms with Gasteiger partial charge in [0.25, 0.3) is 0 Å². The minimum absolute atomic E-state index is 0. The van der Waals surface area contributed by atoms with Crippen molar-refractivity contribution in [2.24, 2.45) is 0 Å². The third-order valence-corrected chi connectivity index (χ3v) is 3.07. The maximum Gasteiger partial charge on any atom is 1.00 e. The van der Waals surface area contributed by atoms with E-state index in [0.717, 1.165) is 6.54 Å². The molecule has 3 heteroatoms. The fourth-order valence-corrected chi connectivity index (χ4v) is 2.50. The zero-order valence-electron chi connectivity index (χ0n) is 11.5. The van der Waals surface area contributed by atoms with Gasteiger partial charge in [-0.25, -0.2) is 0 Å². The minimum Gasteiger partial charge on any atom is -0.508 e. The summed E-state index contributed by atoms with van der Waals surface area (Å²) in [6.07, 6.45) is 5.45. The van der Waals surface area contributed by atoms with E-state index in [9.17, 15) is 0 Å². The average molecular weight is 426 g/mol. The van der Waals surface area contributed by atoms with Gasteiger partial charge in [-0.3, -0.25) is 0 Å². The molecule has 1 aromatic carbocycles. The molecule has 1 aliphatic rings. The second-order valence-corrected chi connectivity index (χ2v) is 4.81. The number of hydrogen-bond donors (Lipinski definition) is 0. The summed E-state index contributed by atoms with van der Waals surface area (Å²) in [5.41, 5.74) is 5.31. The van der Waals surface area contributed by atoms with Gasteiger partial charge in [-0.05, 0) is 57.3 Å². The summed E-state index contributed by atoms with van der Waals surface area (Å²) < 4.78 is 0. The Morgan fingerprint density at radius 2 is 1.67 bits per heavy atom. The topological polar surface area (TPSA) is 6.48 Å². The van der Waals surface area contributed by atoms with E-state index in [2.05, 4.69) is 68.7 Å². The zero-order chi connectivity index (χ0) is 12.4. The summed E-state index contributed by atoms with van der Waals surface area (Å²) in [5, 5.41) is 0. The van der Waals surface area contributed by atoms with Crippen LogP contribution in [0.15, 0.2) is 24.5 Å². The van der Waals surface area contributed by atoms with Crippen LogP contribution >= 0.6 is 0 Å². The molecule has 2 rings (SSSR count). The van der Waals surface area contributed by atoms with Gasteiger partial charge >= 0.3 is 22.4 Å². The van der Waals surface area contributed by atoms with Crippen molar-refractivity contribution in [3.05, 3.63) is 47.9 Å². The first-order chi connectivity index (χ1) is 8.11. The molecule has 102 valence electrons. The first kappa shape index (κ1) is 15.4. The van der Waals surface area contributed by atoms with Crippen LogP contribution in [0.3, 0.4) is 0 Å². The number of nitrogens with zero attached hydrogens (tertiary/aromatic N) is 2. The molecule has 0 N–H and O–H groups in total. The number of benzene rings is 1. The van der Waals surface area contributed by atoms with Crippen LogP contribution in [0.4, 0.5) is 5.69 Å². The number of hydrogen-bond acceptors (Lipinski definition) is 2. The van der Waals surface area contributed by atoms with Gasteiger partial charge in [-0.15, -0.1) is 0 Å². The van der Waals surface area contributed by atoms with Crippen LogP contribution in [0.5, 0.6) is 0 Å². The Balaban J connectivity index is 0.00000162. The molecule has 0 saturated heterocycles. The second kappa shape index (κ2) is 6.46. The minimum atomic E-state index is 0. The van der Waals surface area contributed by atoms with Crippen LogP contribution < -0.4 is 4.90 Å². The standard InChI is InChI=1S/C15H21N2.Au/c1-5-6-16-7-8-17(11-16)15-13(3)9-12(2)10-14(15)4;/h7-11H,5-6H2,1-4H3;/q-1;+1. The smallest absolute Gasteiger partial charge is 0.508 e. The van der Waals surface area contributed by atoms with Crippen molar-refractivity contribution >= 4 is 5.69 Å².